The van der Waals surface area contributed by atoms with Crippen molar-refractivity contribution in [2.45, 2.75) is 59.2 Å². The van der Waals surface area contributed by atoms with Crippen molar-refractivity contribution in [3.8, 4) is 5.75 Å². The lowest BCUT2D eigenvalue weighted by Gasteiger charge is -2.26. The highest BCUT2D eigenvalue weighted by molar-refractivity contribution is 5.94. The molecule has 0 fully saturated rings. The Morgan fingerprint density at radius 1 is 0.906 bits per heavy atom. The van der Waals surface area contributed by atoms with Gasteiger partial charge in [-0.2, -0.15) is 0 Å². The Balaban J connectivity index is 2.91. The van der Waals surface area contributed by atoms with Gasteiger partial charge in [-0.3, -0.25) is 19.2 Å². The molecule has 0 heterocycles. The van der Waals surface area contributed by atoms with Crippen LogP contribution in [0.25, 0.3) is 0 Å². The number of hydrogen-bond acceptors (Lipinski definition) is 6. The Kier molecular flexibility index (Phi) is 10.3. The Labute approximate surface area is 187 Å². The van der Waals surface area contributed by atoms with Gasteiger partial charge < -0.3 is 25.8 Å². The van der Waals surface area contributed by atoms with Crippen LogP contribution in [0.1, 0.15) is 40.2 Å². The summed E-state index contributed by atoms with van der Waals surface area (Å²) in [7, 11) is 0. The first-order chi connectivity index (χ1) is 14.9. The maximum absolute atomic E-state index is 12.9. The van der Waals surface area contributed by atoms with Gasteiger partial charge in [0.2, 0.25) is 17.7 Å². The molecule has 176 valence electrons. The molecule has 10 nitrogen and oxygen atoms in total. The number of rotatable bonds is 12. The molecular weight excluding hydrogens is 418 g/mol. The molecular formula is C22H31N3O7. The van der Waals surface area contributed by atoms with Crippen LogP contribution in [0.15, 0.2) is 24.3 Å². The van der Waals surface area contributed by atoms with E-state index in [9.17, 15) is 24.0 Å². The minimum atomic E-state index is -1.10. The minimum absolute atomic E-state index is 0.140. The normalized spacial score (nSPS) is 13.4. The van der Waals surface area contributed by atoms with Gasteiger partial charge in [-0.15, -0.1) is 0 Å². The van der Waals surface area contributed by atoms with Crippen molar-refractivity contribution in [1.82, 2.24) is 16.0 Å². The Bertz CT molecular complexity index is 836. The predicted molar refractivity (Wildman–Crippen MR) is 116 cm³/mol. The zero-order valence-electron chi connectivity index (χ0n) is 18.9. The summed E-state index contributed by atoms with van der Waals surface area (Å²) in [6.45, 7) is 7.24. The van der Waals surface area contributed by atoms with Gasteiger partial charge >= 0.3 is 5.97 Å². The molecule has 10 heteroatoms. The number of carboxylic acid groups (broad SMARTS) is 1. The number of benzene rings is 1. The highest BCUT2D eigenvalue weighted by atomic mass is 16.5. The van der Waals surface area contributed by atoms with Gasteiger partial charge in [0.15, 0.2) is 12.4 Å². The van der Waals surface area contributed by atoms with Crippen LogP contribution in [0.2, 0.25) is 0 Å². The summed E-state index contributed by atoms with van der Waals surface area (Å²) >= 11 is 0. The average molecular weight is 450 g/mol. The van der Waals surface area contributed by atoms with Gasteiger partial charge in [-0.05, 0) is 37.5 Å². The lowest BCUT2D eigenvalue weighted by Crippen LogP contribution is -2.57. The number of carbonyl (C=O) groups is 5. The van der Waals surface area contributed by atoms with Crippen LogP contribution in [0.4, 0.5) is 0 Å². The fourth-order valence-electron chi connectivity index (χ4n) is 2.75. The summed E-state index contributed by atoms with van der Waals surface area (Å²) in [5.74, 6) is -2.66. The number of amides is 3. The average Bonchev–Trinajstić information content (AvgIpc) is 2.69. The minimum Gasteiger partial charge on any atom is -0.482 e. The number of nitrogens with one attached hydrogen (secondary N) is 3. The smallest absolute Gasteiger partial charge is 0.341 e. The molecule has 4 N–H and O–H groups in total. The van der Waals surface area contributed by atoms with E-state index in [2.05, 4.69) is 16.0 Å². The van der Waals surface area contributed by atoms with E-state index in [0.717, 1.165) is 0 Å². The SMILES string of the molecule is CC(=O)N[C@@H](Cc1ccc(OCC(=O)O)cc1)C(=O)N[C@H](C(=O)N[C@@H](C)C(C)=O)C(C)C. The maximum atomic E-state index is 12.9. The second-order valence-corrected chi connectivity index (χ2v) is 7.85. The van der Waals surface area contributed by atoms with Crippen molar-refractivity contribution in [3.05, 3.63) is 29.8 Å². The van der Waals surface area contributed by atoms with E-state index < -0.39 is 48.4 Å². The summed E-state index contributed by atoms with van der Waals surface area (Å²) in [5.41, 5.74) is 0.692. The van der Waals surface area contributed by atoms with Gasteiger partial charge in [0.05, 0.1) is 6.04 Å². The molecule has 0 aliphatic heterocycles. The summed E-state index contributed by atoms with van der Waals surface area (Å²) in [4.78, 5) is 59.1. The third kappa shape index (κ3) is 9.15. The molecule has 0 saturated carbocycles. The van der Waals surface area contributed by atoms with E-state index in [1.54, 1.807) is 45.0 Å². The summed E-state index contributed by atoms with van der Waals surface area (Å²) < 4.78 is 5.08. The monoisotopic (exact) mass is 449 g/mol. The summed E-state index contributed by atoms with van der Waals surface area (Å²) in [6, 6.07) is 3.91. The van der Waals surface area contributed by atoms with Crippen LogP contribution in [0.3, 0.4) is 0 Å². The van der Waals surface area contributed by atoms with Crippen LogP contribution in [0.5, 0.6) is 5.75 Å². The maximum Gasteiger partial charge on any atom is 0.341 e. The standard InChI is InChI=1S/C22H31N3O7/c1-12(2)20(22(31)23-13(3)14(4)26)25-21(30)18(24-15(5)27)10-16-6-8-17(9-7-16)32-11-19(28)29/h6-9,12-13,18,20H,10-11H2,1-5H3,(H,23,31)(H,24,27)(H,25,30)(H,28,29)/t13-,18-,20-/m0/s1. The number of carbonyl (C=O) groups excluding carboxylic acids is 4. The van der Waals surface area contributed by atoms with Crippen molar-refractivity contribution in [1.29, 1.82) is 0 Å². The number of ketones is 1. The van der Waals surface area contributed by atoms with Crippen LogP contribution in [-0.4, -0.2) is 59.3 Å². The molecule has 1 aromatic carbocycles. The number of ether oxygens (including phenoxy) is 1. The van der Waals surface area contributed by atoms with E-state index in [1.807, 2.05) is 0 Å². The number of carboxylic acids is 1. The number of aliphatic carboxylic acids is 1. The highest BCUT2D eigenvalue weighted by Gasteiger charge is 2.29. The Morgan fingerprint density at radius 3 is 1.97 bits per heavy atom. The second-order valence-electron chi connectivity index (χ2n) is 7.85. The molecule has 3 amide bonds. The lowest BCUT2D eigenvalue weighted by molar-refractivity contribution is -0.139. The van der Waals surface area contributed by atoms with Gasteiger partial charge in [0.25, 0.3) is 0 Å². The molecule has 0 aromatic heterocycles. The Morgan fingerprint density at radius 2 is 1.50 bits per heavy atom. The van der Waals surface area contributed by atoms with E-state index in [4.69, 9.17) is 9.84 Å². The van der Waals surface area contributed by atoms with Crippen LogP contribution in [0, 0.1) is 5.92 Å². The molecule has 32 heavy (non-hydrogen) atoms. The molecule has 0 aliphatic rings. The third-order valence-electron chi connectivity index (χ3n) is 4.63. The first-order valence-electron chi connectivity index (χ1n) is 10.2. The molecule has 1 rings (SSSR count). The van der Waals surface area contributed by atoms with Gasteiger partial charge in [0, 0.05) is 13.3 Å². The quantitative estimate of drug-likeness (QED) is 0.361. The van der Waals surface area contributed by atoms with Gasteiger partial charge in [-0.1, -0.05) is 26.0 Å². The number of hydrogen-bond donors (Lipinski definition) is 4. The van der Waals surface area contributed by atoms with Crippen molar-refractivity contribution >= 4 is 29.5 Å². The van der Waals surface area contributed by atoms with Crippen molar-refractivity contribution in [3.63, 3.8) is 0 Å². The van der Waals surface area contributed by atoms with Crippen LogP contribution < -0.4 is 20.7 Å². The predicted octanol–water partition coefficient (Wildman–Crippen LogP) is 0.432. The van der Waals surface area contributed by atoms with Gasteiger partial charge in [-0.25, -0.2) is 4.79 Å². The van der Waals surface area contributed by atoms with Crippen LogP contribution in [-0.2, 0) is 30.4 Å². The first kappa shape index (κ1) is 26.6. The van der Waals surface area contributed by atoms with E-state index in [1.165, 1.54) is 13.8 Å². The largest absolute Gasteiger partial charge is 0.482 e. The van der Waals surface area contributed by atoms with E-state index in [-0.39, 0.29) is 18.1 Å². The fourth-order valence-corrected chi connectivity index (χ4v) is 2.75. The molecule has 0 saturated heterocycles. The summed E-state index contributed by atoms with van der Waals surface area (Å²) in [6.07, 6.45) is 0.140. The van der Waals surface area contributed by atoms with E-state index >= 15 is 0 Å². The fraction of sp³-hybridized carbons (Fsp3) is 0.500. The zero-order chi connectivity index (χ0) is 24.4. The summed E-state index contributed by atoms with van der Waals surface area (Å²) in [5, 5.41) is 16.5. The highest BCUT2D eigenvalue weighted by Crippen LogP contribution is 2.14. The molecule has 0 unspecified atom stereocenters. The van der Waals surface area contributed by atoms with Gasteiger partial charge in [0.1, 0.15) is 17.8 Å². The molecule has 0 spiro atoms. The van der Waals surface area contributed by atoms with Crippen molar-refractivity contribution < 1.29 is 33.8 Å². The molecule has 3 atom stereocenters. The topological polar surface area (TPSA) is 151 Å². The zero-order valence-corrected chi connectivity index (χ0v) is 18.9. The molecule has 0 aliphatic carbocycles. The second kappa shape index (κ2) is 12.4. The van der Waals surface area contributed by atoms with Crippen molar-refractivity contribution in [2.24, 2.45) is 5.92 Å². The third-order valence-corrected chi connectivity index (χ3v) is 4.63. The number of Topliss-reactive ketones (excluding diaryl/α,β-unsaturated/α-hetero) is 1. The molecule has 1 aromatic rings. The molecule has 0 bridgehead atoms. The lowest BCUT2D eigenvalue weighted by atomic mass is 10.0. The Hall–Kier alpha value is -3.43. The van der Waals surface area contributed by atoms with E-state index in [0.29, 0.717) is 11.3 Å². The van der Waals surface area contributed by atoms with Crippen LogP contribution >= 0.6 is 0 Å². The molecule has 0 radical (unpaired) electrons. The first-order valence-corrected chi connectivity index (χ1v) is 10.2. The van der Waals surface area contributed by atoms with Crippen molar-refractivity contribution in [2.75, 3.05) is 6.61 Å².